The van der Waals surface area contributed by atoms with E-state index in [1.54, 1.807) is 0 Å². The molecule has 1 aromatic rings. The van der Waals surface area contributed by atoms with Crippen molar-refractivity contribution in [3.8, 4) is 0 Å². The van der Waals surface area contributed by atoms with Crippen LogP contribution in [0.1, 0.15) is 46.1 Å². The lowest BCUT2D eigenvalue weighted by Gasteiger charge is -2.38. The van der Waals surface area contributed by atoms with E-state index < -0.39 is 5.41 Å². The zero-order valence-electron chi connectivity index (χ0n) is 15.3. The van der Waals surface area contributed by atoms with Gasteiger partial charge in [-0.25, -0.2) is 0 Å². The van der Waals surface area contributed by atoms with Crippen molar-refractivity contribution in [2.24, 2.45) is 11.8 Å². The molecule has 1 aliphatic rings. The molecule has 4 heteroatoms. The molecule has 1 saturated heterocycles. The largest absolute Gasteiger partial charge is 0.356 e. The van der Waals surface area contributed by atoms with Gasteiger partial charge in [0.25, 0.3) is 0 Å². The van der Waals surface area contributed by atoms with Crippen LogP contribution in [0.3, 0.4) is 0 Å². The molecule has 0 saturated carbocycles. The molecule has 1 fully saturated rings. The molecular weight excluding hydrogens is 300 g/mol. The minimum atomic E-state index is -0.523. The Labute approximate surface area is 145 Å². The van der Waals surface area contributed by atoms with Gasteiger partial charge in [-0.05, 0) is 38.2 Å². The normalized spacial score (nSPS) is 18.5. The summed E-state index contributed by atoms with van der Waals surface area (Å²) in [5.41, 5.74) is 0.523. The first kappa shape index (κ1) is 18.5. The van der Waals surface area contributed by atoms with Gasteiger partial charge < -0.3 is 10.2 Å². The first-order valence-corrected chi connectivity index (χ1v) is 8.95. The van der Waals surface area contributed by atoms with E-state index in [1.807, 2.05) is 62.9 Å². The van der Waals surface area contributed by atoms with Crippen molar-refractivity contribution >= 4 is 11.8 Å². The summed E-state index contributed by atoms with van der Waals surface area (Å²) in [5.74, 6) is 0.608. The van der Waals surface area contributed by atoms with Gasteiger partial charge in [-0.1, -0.05) is 44.2 Å². The van der Waals surface area contributed by atoms with Crippen molar-refractivity contribution in [2.75, 3.05) is 19.6 Å². The fraction of sp³-hybridized carbons (Fsp3) is 0.600. The number of carbonyl (C=O) groups is 2. The minimum Gasteiger partial charge on any atom is -0.356 e. The highest BCUT2D eigenvalue weighted by molar-refractivity contribution is 5.87. The molecule has 132 valence electrons. The third-order valence-electron chi connectivity index (χ3n) is 4.93. The Bertz CT molecular complexity index is 566. The highest BCUT2D eigenvalue weighted by Gasteiger charge is 2.35. The van der Waals surface area contributed by atoms with E-state index in [4.69, 9.17) is 0 Å². The van der Waals surface area contributed by atoms with Gasteiger partial charge in [0.2, 0.25) is 11.8 Å². The van der Waals surface area contributed by atoms with Crippen molar-refractivity contribution in [1.82, 2.24) is 10.2 Å². The van der Waals surface area contributed by atoms with Crippen LogP contribution in [0, 0.1) is 11.8 Å². The van der Waals surface area contributed by atoms with Crippen LogP contribution in [0.5, 0.6) is 0 Å². The fourth-order valence-corrected chi connectivity index (χ4v) is 3.24. The molecule has 1 aliphatic heterocycles. The molecule has 2 amide bonds. The Morgan fingerprint density at radius 2 is 1.92 bits per heavy atom. The zero-order valence-corrected chi connectivity index (χ0v) is 15.3. The van der Waals surface area contributed by atoms with E-state index in [0.29, 0.717) is 12.5 Å². The minimum absolute atomic E-state index is 0.00309. The van der Waals surface area contributed by atoms with E-state index in [-0.39, 0.29) is 17.7 Å². The number of rotatable bonds is 5. The second-order valence-electron chi connectivity index (χ2n) is 7.65. The number of hydrogen-bond donors (Lipinski definition) is 1. The van der Waals surface area contributed by atoms with Crippen LogP contribution in [-0.4, -0.2) is 36.3 Å². The molecule has 1 atom stereocenters. The number of hydrogen-bond acceptors (Lipinski definition) is 2. The summed E-state index contributed by atoms with van der Waals surface area (Å²) in [6, 6.07) is 9.96. The lowest BCUT2D eigenvalue weighted by atomic mass is 9.82. The van der Waals surface area contributed by atoms with Gasteiger partial charge >= 0.3 is 0 Å². The molecule has 0 radical (unpaired) electrons. The molecule has 24 heavy (non-hydrogen) atoms. The second kappa shape index (κ2) is 7.82. The first-order valence-electron chi connectivity index (χ1n) is 8.95. The molecule has 1 N–H and O–H groups in total. The zero-order chi connectivity index (χ0) is 17.7. The SMILES string of the molecule is CC(C)C(=O)NC[C@H]1CCCN(C(=O)C(C)(C)c2ccccc2)C1. The third-order valence-corrected chi connectivity index (χ3v) is 4.93. The van der Waals surface area contributed by atoms with E-state index in [0.717, 1.165) is 31.5 Å². The number of carbonyl (C=O) groups excluding carboxylic acids is 2. The van der Waals surface area contributed by atoms with Gasteiger partial charge in [-0.15, -0.1) is 0 Å². The van der Waals surface area contributed by atoms with E-state index in [1.165, 1.54) is 0 Å². The third kappa shape index (κ3) is 4.37. The summed E-state index contributed by atoms with van der Waals surface area (Å²) in [7, 11) is 0. The molecule has 0 unspecified atom stereocenters. The van der Waals surface area contributed by atoms with Gasteiger partial charge in [0.05, 0.1) is 5.41 Å². The summed E-state index contributed by atoms with van der Waals surface area (Å²) in [5, 5.41) is 3.00. The second-order valence-corrected chi connectivity index (χ2v) is 7.65. The number of benzene rings is 1. The smallest absolute Gasteiger partial charge is 0.232 e. The van der Waals surface area contributed by atoms with Gasteiger partial charge in [0.1, 0.15) is 0 Å². The molecule has 4 nitrogen and oxygen atoms in total. The maximum atomic E-state index is 13.1. The fourth-order valence-electron chi connectivity index (χ4n) is 3.24. The van der Waals surface area contributed by atoms with E-state index in [9.17, 15) is 9.59 Å². The summed E-state index contributed by atoms with van der Waals surface area (Å²) >= 11 is 0. The summed E-state index contributed by atoms with van der Waals surface area (Å²) in [6.45, 7) is 9.98. The maximum Gasteiger partial charge on any atom is 0.232 e. The van der Waals surface area contributed by atoms with Crippen LogP contribution in [0.15, 0.2) is 30.3 Å². The number of amides is 2. The quantitative estimate of drug-likeness (QED) is 0.902. The van der Waals surface area contributed by atoms with Gasteiger partial charge in [0, 0.05) is 25.6 Å². The van der Waals surface area contributed by atoms with Crippen molar-refractivity contribution in [2.45, 2.75) is 46.0 Å². The van der Waals surface area contributed by atoms with Crippen LogP contribution in [0.2, 0.25) is 0 Å². The molecule has 0 aliphatic carbocycles. The molecule has 0 spiro atoms. The number of likely N-dealkylation sites (tertiary alicyclic amines) is 1. The van der Waals surface area contributed by atoms with Crippen molar-refractivity contribution in [3.63, 3.8) is 0 Å². The summed E-state index contributed by atoms with van der Waals surface area (Å²) in [6.07, 6.45) is 2.06. The maximum absolute atomic E-state index is 13.1. The highest BCUT2D eigenvalue weighted by atomic mass is 16.2. The predicted octanol–water partition coefficient (Wildman–Crippen LogP) is 2.98. The molecule has 1 heterocycles. The Balaban J connectivity index is 1.98. The lowest BCUT2D eigenvalue weighted by Crippen LogP contribution is -2.49. The predicted molar refractivity (Wildman–Crippen MR) is 96.6 cm³/mol. The summed E-state index contributed by atoms with van der Waals surface area (Å²) < 4.78 is 0. The highest BCUT2D eigenvalue weighted by Crippen LogP contribution is 2.28. The Hall–Kier alpha value is -1.84. The van der Waals surface area contributed by atoms with Crippen LogP contribution in [0.4, 0.5) is 0 Å². The first-order chi connectivity index (χ1) is 11.3. The number of nitrogens with one attached hydrogen (secondary N) is 1. The van der Waals surface area contributed by atoms with Crippen molar-refractivity contribution in [3.05, 3.63) is 35.9 Å². The van der Waals surface area contributed by atoms with Crippen molar-refractivity contribution in [1.29, 1.82) is 0 Å². The lowest BCUT2D eigenvalue weighted by molar-refractivity contribution is -0.138. The molecular formula is C20H30N2O2. The number of nitrogens with zero attached hydrogens (tertiary/aromatic N) is 1. The average Bonchev–Trinajstić information content (AvgIpc) is 2.59. The van der Waals surface area contributed by atoms with Gasteiger partial charge in [-0.3, -0.25) is 9.59 Å². The van der Waals surface area contributed by atoms with E-state index in [2.05, 4.69) is 5.32 Å². The van der Waals surface area contributed by atoms with Crippen LogP contribution in [-0.2, 0) is 15.0 Å². The molecule has 1 aromatic carbocycles. The monoisotopic (exact) mass is 330 g/mol. The van der Waals surface area contributed by atoms with Gasteiger partial charge in [0.15, 0.2) is 0 Å². The summed E-state index contributed by atoms with van der Waals surface area (Å²) in [4.78, 5) is 26.8. The van der Waals surface area contributed by atoms with Crippen LogP contribution >= 0.6 is 0 Å². The molecule has 0 bridgehead atoms. The molecule has 0 aromatic heterocycles. The van der Waals surface area contributed by atoms with Crippen LogP contribution in [0.25, 0.3) is 0 Å². The Morgan fingerprint density at radius 1 is 1.25 bits per heavy atom. The van der Waals surface area contributed by atoms with Gasteiger partial charge in [-0.2, -0.15) is 0 Å². The molecule has 2 rings (SSSR count). The number of piperidine rings is 1. The van der Waals surface area contributed by atoms with Crippen molar-refractivity contribution < 1.29 is 9.59 Å². The Morgan fingerprint density at radius 3 is 2.54 bits per heavy atom. The van der Waals surface area contributed by atoms with Crippen LogP contribution < -0.4 is 5.32 Å². The standard InChI is InChI=1S/C20H30N2O2/c1-15(2)18(23)21-13-16-9-8-12-22(14-16)19(24)20(3,4)17-10-6-5-7-11-17/h5-7,10-11,15-16H,8-9,12-14H2,1-4H3,(H,21,23)/t16-/m1/s1. The topological polar surface area (TPSA) is 49.4 Å². The van der Waals surface area contributed by atoms with E-state index >= 15 is 0 Å². The Kier molecular flexibility index (Phi) is 6.03. The average molecular weight is 330 g/mol.